The fraction of sp³-hybridized carbons (Fsp3) is 0.533. The molecule has 0 saturated carbocycles. The second kappa shape index (κ2) is 5.88. The molecule has 1 aliphatic rings. The number of aryl methyl sites for hydroxylation is 1. The molecule has 3 nitrogen and oxygen atoms in total. The monoisotopic (exact) mass is 243 g/mol. The van der Waals surface area contributed by atoms with Gasteiger partial charge in [-0.05, 0) is 56.3 Å². The van der Waals surface area contributed by atoms with Gasteiger partial charge in [-0.2, -0.15) is 5.26 Å². The average Bonchev–Trinajstić information content (AvgIpc) is 2.40. The molecular formula is C15H21N3. The van der Waals surface area contributed by atoms with Gasteiger partial charge in [0.25, 0.3) is 0 Å². The molecule has 1 aromatic rings. The zero-order chi connectivity index (χ0) is 13.0. The van der Waals surface area contributed by atoms with Gasteiger partial charge in [-0.3, -0.25) is 0 Å². The number of hydrogen-bond acceptors (Lipinski definition) is 3. The van der Waals surface area contributed by atoms with Crippen LogP contribution in [0.2, 0.25) is 0 Å². The summed E-state index contributed by atoms with van der Waals surface area (Å²) in [6.07, 6.45) is 3.51. The maximum absolute atomic E-state index is 9.18. The van der Waals surface area contributed by atoms with E-state index in [0.29, 0.717) is 0 Å². The second-order valence-corrected chi connectivity index (χ2v) is 5.14. The molecule has 2 N–H and O–H groups in total. The van der Waals surface area contributed by atoms with Crippen LogP contribution in [-0.4, -0.2) is 19.6 Å². The molecule has 0 aromatic heterocycles. The molecule has 1 saturated heterocycles. The smallest absolute Gasteiger partial charge is 0.101 e. The van der Waals surface area contributed by atoms with Crippen molar-refractivity contribution < 1.29 is 0 Å². The Labute approximate surface area is 109 Å². The van der Waals surface area contributed by atoms with E-state index in [2.05, 4.69) is 24.0 Å². The number of rotatable bonds is 3. The van der Waals surface area contributed by atoms with Crippen molar-refractivity contribution in [1.29, 1.82) is 5.26 Å². The summed E-state index contributed by atoms with van der Waals surface area (Å²) in [5.41, 5.74) is 8.72. The fourth-order valence-corrected chi connectivity index (χ4v) is 2.70. The molecule has 1 fully saturated rings. The first kappa shape index (κ1) is 12.9. The third-order valence-electron chi connectivity index (χ3n) is 3.80. The molecule has 0 atom stereocenters. The van der Waals surface area contributed by atoms with Gasteiger partial charge in [0.1, 0.15) is 6.07 Å². The molecule has 0 unspecified atom stereocenters. The van der Waals surface area contributed by atoms with Crippen molar-refractivity contribution >= 4 is 5.69 Å². The Balaban J connectivity index is 2.10. The normalized spacial score (nSPS) is 16.6. The Kier molecular flexibility index (Phi) is 4.22. The first-order chi connectivity index (χ1) is 8.74. The molecule has 0 radical (unpaired) electrons. The first-order valence-electron chi connectivity index (χ1n) is 6.70. The second-order valence-electron chi connectivity index (χ2n) is 5.14. The van der Waals surface area contributed by atoms with E-state index in [9.17, 15) is 5.26 Å². The van der Waals surface area contributed by atoms with E-state index < -0.39 is 0 Å². The standard InChI is InChI=1S/C15H21N3/c1-12-2-3-14(11-17)15(10-12)18-8-5-13(4-7-16)6-9-18/h2-3,10,13H,4-9,16H2,1H3. The third-order valence-corrected chi connectivity index (χ3v) is 3.80. The van der Waals surface area contributed by atoms with E-state index in [1.165, 1.54) is 18.4 Å². The van der Waals surface area contributed by atoms with Gasteiger partial charge in [-0.15, -0.1) is 0 Å². The summed E-state index contributed by atoms with van der Waals surface area (Å²) in [4.78, 5) is 2.35. The Hall–Kier alpha value is -1.53. The maximum Gasteiger partial charge on any atom is 0.101 e. The predicted molar refractivity (Wildman–Crippen MR) is 74.5 cm³/mol. The Morgan fingerprint density at radius 2 is 2.11 bits per heavy atom. The fourth-order valence-electron chi connectivity index (χ4n) is 2.70. The third kappa shape index (κ3) is 2.83. The molecule has 0 spiro atoms. The van der Waals surface area contributed by atoms with Crippen LogP contribution in [0, 0.1) is 24.2 Å². The van der Waals surface area contributed by atoms with Gasteiger partial charge in [-0.25, -0.2) is 0 Å². The molecule has 18 heavy (non-hydrogen) atoms. The van der Waals surface area contributed by atoms with Crippen LogP contribution in [0.15, 0.2) is 18.2 Å². The highest BCUT2D eigenvalue weighted by molar-refractivity contribution is 5.60. The van der Waals surface area contributed by atoms with Crippen molar-refractivity contribution in [2.45, 2.75) is 26.2 Å². The molecule has 1 heterocycles. The number of nitrogens with two attached hydrogens (primary N) is 1. The highest BCUT2D eigenvalue weighted by Crippen LogP contribution is 2.28. The van der Waals surface area contributed by atoms with Crippen molar-refractivity contribution in [3.8, 4) is 6.07 Å². The number of piperidine rings is 1. The summed E-state index contributed by atoms with van der Waals surface area (Å²) in [7, 11) is 0. The highest BCUT2D eigenvalue weighted by atomic mass is 15.1. The molecule has 96 valence electrons. The zero-order valence-electron chi connectivity index (χ0n) is 11.0. The number of anilines is 1. The van der Waals surface area contributed by atoms with Gasteiger partial charge in [0.05, 0.1) is 11.3 Å². The molecule has 2 rings (SSSR count). The summed E-state index contributed by atoms with van der Waals surface area (Å²) in [6, 6.07) is 8.35. The number of nitriles is 1. The van der Waals surface area contributed by atoms with Crippen molar-refractivity contribution in [1.82, 2.24) is 0 Å². The molecule has 1 aromatic carbocycles. The van der Waals surface area contributed by atoms with Gasteiger partial charge in [0, 0.05) is 13.1 Å². The van der Waals surface area contributed by atoms with Crippen molar-refractivity contribution in [3.05, 3.63) is 29.3 Å². The highest BCUT2D eigenvalue weighted by Gasteiger charge is 2.20. The molecule has 1 aliphatic heterocycles. The Morgan fingerprint density at radius 3 is 2.72 bits per heavy atom. The van der Waals surface area contributed by atoms with E-state index in [-0.39, 0.29) is 0 Å². The number of hydrogen-bond donors (Lipinski definition) is 1. The summed E-state index contributed by atoms with van der Waals surface area (Å²) < 4.78 is 0. The van der Waals surface area contributed by atoms with Crippen LogP contribution in [0.4, 0.5) is 5.69 Å². The van der Waals surface area contributed by atoms with Gasteiger partial charge in [-0.1, -0.05) is 6.07 Å². The summed E-state index contributed by atoms with van der Waals surface area (Å²) in [6.45, 7) is 4.95. The molecule has 0 amide bonds. The van der Waals surface area contributed by atoms with E-state index in [1.807, 2.05) is 12.1 Å². The van der Waals surface area contributed by atoms with E-state index in [4.69, 9.17) is 5.73 Å². The van der Waals surface area contributed by atoms with Crippen molar-refractivity contribution in [2.75, 3.05) is 24.5 Å². The van der Waals surface area contributed by atoms with Crippen LogP contribution in [0.1, 0.15) is 30.4 Å². The Morgan fingerprint density at radius 1 is 1.39 bits per heavy atom. The lowest BCUT2D eigenvalue weighted by molar-refractivity contribution is 0.386. The predicted octanol–water partition coefficient (Wildman–Crippen LogP) is 2.43. The number of benzene rings is 1. The average molecular weight is 243 g/mol. The van der Waals surface area contributed by atoms with Gasteiger partial charge >= 0.3 is 0 Å². The minimum absolute atomic E-state index is 0.765. The zero-order valence-corrected chi connectivity index (χ0v) is 11.0. The lowest BCUT2D eigenvalue weighted by Gasteiger charge is -2.34. The van der Waals surface area contributed by atoms with Gasteiger partial charge < -0.3 is 10.6 Å². The first-order valence-corrected chi connectivity index (χ1v) is 6.70. The van der Waals surface area contributed by atoms with Crippen LogP contribution in [0.5, 0.6) is 0 Å². The number of nitrogens with zero attached hydrogens (tertiary/aromatic N) is 2. The largest absolute Gasteiger partial charge is 0.370 e. The van der Waals surface area contributed by atoms with E-state index >= 15 is 0 Å². The summed E-state index contributed by atoms with van der Waals surface area (Å²) in [5, 5.41) is 9.18. The lowest BCUT2D eigenvalue weighted by atomic mass is 9.93. The quantitative estimate of drug-likeness (QED) is 0.887. The van der Waals surface area contributed by atoms with Crippen LogP contribution < -0.4 is 10.6 Å². The molecular weight excluding hydrogens is 222 g/mol. The Bertz CT molecular complexity index is 440. The van der Waals surface area contributed by atoms with Crippen LogP contribution >= 0.6 is 0 Å². The molecule has 0 aliphatic carbocycles. The minimum Gasteiger partial charge on any atom is -0.370 e. The van der Waals surface area contributed by atoms with Gasteiger partial charge in [0.15, 0.2) is 0 Å². The van der Waals surface area contributed by atoms with Crippen LogP contribution in [0.3, 0.4) is 0 Å². The van der Waals surface area contributed by atoms with Crippen LogP contribution in [-0.2, 0) is 0 Å². The molecule has 3 heteroatoms. The summed E-state index contributed by atoms with van der Waals surface area (Å²) >= 11 is 0. The van der Waals surface area contributed by atoms with Crippen molar-refractivity contribution in [2.24, 2.45) is 11.7 Å². The van der Waals surface area contributed by atoms with E-state index in [0.717, 1.165) is 43.2 Å². The van der Waals surface area contributed by atoms with Crippen molar-refractivity contribution in [3.63, 3.8) is 0 Å². The minimum atomic E-state index is 0.765. The van der Waals surface area contributed by atoms with Crippen LogP contribution in [0.25, 0.3) is 0 Å². The molecule has 0 bridgehead atoms. The maximum atomic E-state index is 9.18. The topological polar surface area (TPSA) is 53.0 Å². The lowest BCUT2D eigenvalue weighted by Crippen LogP contribution is -2.34. The summed E-state index contributed by atoms with van der Waals surface area (Å²) in [5.74, 6) is 0.765. The SMILES string of the molecule is Cc1ccc(C#N)c(N2CCC(CCN)CC2)c1. The van der Waals surface area contributed by atoms with Gasteiger partial charge in [0.2, 0.25) is 0 Å². The van der Waals surface area contributed by atoms with E-state index in [1.54, 1.807) is 0 Å².